The van der Waals surface area contributed by atoms with E-state index in [0.29, 0.717) is 6.42 Å². The van der Waals surface area contributed by atoms with Gasteiger partial charge in [-0.3, -0.25) is 0 Å². The standard InChI is InChI=1S/C17H17BrO2/c1-20-16-5-3-2-4-15(16)17(19)9-8-12-10-14(18)7-6-13(12)11-17/h2-7,10,19H,8-9,11H2,1H3. The van der Waals surface area contributed by atoms with Crippen molar-refractivity contribution >= 4 is 15.9 Å². The van der Waals surface area contributed by atoms with Crippen LogP contribution >= 0.6 is 15.9 Å². The molecule has 104 valence electrons. The summed E-state index contributed by atoms with van der Waals surface area (Å²) in [6.07, 6.45) is 2.23. The number of aliphatic hydroxyl groups is 1. The van der Waals surface area contributed by atoms with Crippen molar-refractivity contribution in [3.63, 3.8) is 0 Å². The van der Waals surface area contributed by atoms with Crippen LogP contribution < -0.4 is 4.74 Å². The predicted octanol–water partition coefficient (Wildman–Crippen LogP) is 3.83. The Balaban J connectivity index is 2.00. The molecule has 0 spiro atoms. The van der Waals surface area contributed by atoms with Gasteiger partial charge >= 0.3 is 0 Å². The molecule has 3 heteroatoms. The van der Waals surface area contributed by atoms with Crippen molar-refractivity contribution in [1.29, 1.82) is 0 Å². The number of hydrogen-bond acceptors (Lipinski definition) is 2. The average Bonchev–Trinajstić information content (AvgIpc) is 2.47. The zero-order valence-corrected chi connectivity index (χ0v) is 13.0. The number of hydrogen-bond donors (Lipinski definition) is 1. The van der Waals surface area contributed by atoms with Crippen LogP contribution in [-0.4, -0.2) is 12.2 Å². The van der Waals surface area contributed by atoms with E-state index >= 15 is 0 Å². The van der Waals surface area contributed by atoms with Crippen LogP contribution in [0.3, 0.4) is 0 Å². The molecule has 0 fully saturated rings. The van der Waals surface area contributed by atoms with E-state index in [0.717, 1.165) is 28.6 Å². The van der Waals surface area contributed by atoms with Gasteiger partial charge in [-0.2, -0.15) is 0 Å². The van der Waals surface area contributed by atoms with Gasteiger partial charge in [0.1, 0.15) is 5.75 Å². The van der Waals surface area contributed by atoms with Crippen LogP contribution in [0.5, 0.6) is 5.75 Å². The van der Waals surface area contributed by atoms with Crippen LogP contribution in [0.25, 0.3) is 0 Å². The average molecular weight is 333 g/mol. The Morgan fingerprint density at radius 3 is 2.75 bits per heavy atom. The van der Waals surface area contributed by atoms with E-state index in [4.69, 9.17) is 4.74 Å². The topological polar surface area (TPSA) is 29.5 Å². The van der Waals surface area contributed by atoms with Gasteiger partial charge in [-0.15, -0.1) is 0 Å². The first kappa shape index (κ1) is 13.7. The van der Waals surface area contributed by atoms with Gasteiger partial charge in [0.2, 0.25) is 0 Å². The van der Waals surface area contributed by atoms with Crippen molar-refractivity contribution in [1.82, 2.24) is 0 Å². The summed E-state index contributed by atoms with van der Waals surface area (Å²) in [5, 5.41) is 11.1. The lowest BCUT2D eigenvalue weighted by Gasteiger charge is -2.35. The highest BCUT2D eigenvalue weighted by atomic mass is 79.9. The Bertz CT molecular complexity index is 639. The summed E-state index contributed by atoms with van der Waals surface area (Å²) < 4.78 is 6.50. The molecule has 0 aromatic heterocycles. The van der Waals surface area contributed by atoms with E-state index in [2.05, 4.69) is 28.1 Å². The third-order valence-electron chi connectivity index (χ3n) is 4.07. The molecule has 0 heterocycles. The summed E-state index contributed by atoms with van der Waals surface area (Å²) in [6, 6.07) is 14.0. The Labute approximate surface area is 127 Å². The van der Waals surface area contributed by atoms with E-state index in [1.807, 2.05) is 30.3 Å². The summed E-state index contributed by atoms with van der Waals surface area (Å²) in [6.45, 7) is 0. The minimum Gasteiger partial charge on any atom is -0.496 e. The molecule has 0 amide bonds. The van der Waals surface area contributed by atoms with Crippen LogP contribution in [-0.2, 0) is 18.4 Å². The Kier molecular flexibility index (Phi) is 3.57. The van der Waals surface area contributed by atoms with Crippen molar-refractivity contribution in [3.8, 4) is 5.75 Å². The van der Waals surface area contributed by atoms with Crippen LogP contribution in [0.1, 0.15) is 23.1 Å². The van der Waals surface area contributed by atoms with Crippen molar-refractivity contribution in [3.05, 3.63) is 63.6 Å². The lowest BCUT2D eigenvalue weighted by Crippen LogP contribution is -2.33. The highest BCUT2D eigenvalue weighted by Crippen LogP contribution is 2.40. The molecule has 2 aromatic rings. The van der Waals surface area contributed by atoms with Crippen molar-refractivity contribution in [2.75, 3.05) is 7.11 Å². The molecule has 1 unspecified atom stereocenters. The highest BCUT2D eigenvalue weighted by molar-refractivity contribution is 9.10. The number of aryl methyl sites for hydroxylation is 1. The maximum atomic E-state index is 11.1. The van der Waals surface area contributed by atoms with Crippen molar-refractivity contribution in [2.24, 2.45) is 0 Å². The third kappa shape index (κ3) is 2.36. The molecule has 1 atom stereocenters. The second-order valence-electron chi connectivity index (χ2n) is 5.32. The number of benzene rings is 2. The SMILES string of the molecule is COc1ccccc1C1(O)CCc2cc(Br)ccc2C1. The fourth-order valence-electron chi connectivity index (χ4n) is 3.00. The normalized spacial score (nSPS) is 21.4. The van der Waals surface area contributed by atoms with Gasteiger partial charge < -0.3 is 9.84 Å². The molecule has 20 heavy (non-hydrogen) atoms. The molecule has 0 aliphatic heterocycles. The smallest absolute Gasteiger partial charge is 0.124 e. The number of halogens is 1. The second kappa shape index (κ2) is 5.23. The van der Waals surface area contributed by atoms with Crippen LogP contribution in [0, 0.1) is 0 Å². The zero-order valence-electron chi connectivity index (χ0n) is 11.4. The number of fused-ring (bicyclic) bond motifs is 1. The van der Waals surface area contributed by atoms with Gasteiger partial charge in [0.25, 0.3) is 0 Å². The quantitative estimate of drug-likeness (QED) is 0.905. The molecule has 2 aromatic carbocycles. The molecule has 0 bridgehead atoms. The van der Waals surface area contributed by atoms with Gasteiger partial charge in [-0.25, -0.2) is 0 Å². The minimum atomic E-state index is -0.840. The molecule has 2 nitrogen and oxygen atoms in total. The summed E-state index contributed by atoms with van der Waals surface area (Å²) in [5.74, 6) is 0.760. The Morgan fingerprint density at radius 1 is 1.15 bits per heavy atom. The summed E-state index contributed by atoms with van der Waals surface area (Å²) in [7, 11) is 1.65. The fraction of sp³-hybridized carbons (Fsp3) is 0.294. The lowest BCUT2D eigenvalue weighted by molar-refractivity contribution is 0.0200. The fourth-order valence-corrected chi connectivity index (χ4v) is 3.41. The summed E-state index contributed by atoms with van der Waals surface area (Å²) >= 11 is 3.50. The number of para-hydroxylation sites is 1. The molecular formula is C17H17BrO2. The molecular weight excluding hydrogens is 316 g/mol. The van der Waals surface area contributed by atoms with Gasteiger partial charge in [-0.05, 0) is 42.2 Å². The molecule has 0 saturated heterocycles. The maximum absolute atomic E-state index is 11.1. The number of methoxy groups -OCH3 is 1. The Morgan fingerprint density at radius 2 is 1.95 bits per heavy atom. The second-order valence-corrected chi connectivity index (χ2v) is 6.24. The van der Waals surface area contributed by atoms with Gasteiger partial charge in [0.15, 0.2) is 0 Å². The van der Waals surface area contributed by atoms with Crippen LogP contribution in [0.2, 0.25) is 0 Å². The van der Waals surface area contributed by atoms with Gasteiger partial charge in [0.05, 0.1) is 12.7 Å². The molecule has 0 radical (unpaired) electrons. The van der Waals surface area contributed by atoms with E-state index in [1.165, 1.54) is 11.1 Å². The van der Waals surface area contributed by atoms with Crippen molar-refractivity contribution < 1.29 is 9.84 Å². The van der Waals surface area contributed by atoms with Gasteiger partial charge in [0, 0.05) is 16.5 Å². The monoisotopic (exact) mass is 332 g/mol. The summed E-state index contributed by atoms with van der Waals surface area (Å²) in [4.78, 5) is 0. The highest BCUT2D eigenvalue weighted by Gasteiger charge is 2.35. The Hall–Kier alpha value is -1.32. The van der Waals surface area contributed by atoms with Crippen LogP contribution in [0.15, 0.2) is 46.9 Å². The van der Waals surface area contributed by atoms with Crippen molar-refractivity contribution in [2.45, 2.75) is 24.9 Å². The molecule has 1 aliphatic carbocycles. The minimum absolute atomic E-state index is 0.635. The van der Waals surface area contributed by atoms with E-state index in [-0.39, 0.29) is 0 Å². The molecule has 0 saturated carbocycles. The third-order valence-corrected chi connectivity index (χ3v) is 4.56. The zero-order chi connectivity index (χ0) is 14.2. The van der Waals surface area contributed by atoms with E-state index in [9.17, 15) is 5.11 Å². The first-order valence-electron chi connectivity index (χ1n) is 6.75. The summed E-state index contributed by atoms with van der Waals surface area (Å²) in [5.41, 5.74) is 2.58. The first-order chi connectivity index (χ1) is 9.62. The number of ether oxygens (including phenoxy) is 1. The van der Waals surface area contributed by atoms with E-state index in [1.54, 1.807) is 7.11 Å². The van der Waals surface area contributed by atoms with Crippen LogP contribution in [0.4, 0.5) is 0 Å². The molecule has 1 N–H and O–H groups in total. The predicted molar refractivity (Wildman–Crippen MR) is 83.1 cm³/mol. The first-order valence-corrected chi connectivity index (χ1v) is 7.55. The molecule has 1 aliphatic rings. The molecule has 3 rings (SSSR count). The van der Waals surface area contributed by atoms with E-state index < -0.39 is 5.60 Å². The largest absolute Gasteiger partial charge is 0.496 e. The number of rotatable bonds is 2. The van der Waals surface area contributed by atoms with Gasteiger partial charge in [-0.1, -0.05) is 40.2 Å². The lowest BCUT2D eigenvalue weighted by atomic mass is 9.76. The maximum Gasteiger partial charge on any atom is 0.124 e.